The Bertz CT molecular complexity index is 635. The Labute approximate surface area is 143 Å². The summed E-state index contributed by atoms with van der Waals surface area (Å²) in [7, 11) is 0. The van der Waals surface area contributed by atoms with Gasteiger partial charge in [0.25, 0.3) is 0 Å². The molecular formula is C15H12Br2F3NO. The maximum absolute atomic E-state index is 12.6. The van der Waals surface area contributed by atoms with Gasteiger partial charge in [0.2, 0.25) is 5.89 Å². The SMILES string of the molecule is [CH2]C([CH2])CC(Br)c1nc(-c2ccc(C(F)(F)F)cc2)c(Br)o1. The highest BCUT2D eigenvalue weighted by Gasteiger charge is 2.30. The molecule has 0 saturated carbocycles. The average Bonchev–Trinajstić information content (AvgIpc) is 2.79. The van der Waals surface area contributed by atoms with Crippen LogP contribution in [0.1, 0.15) is 22.7 Å². The molecule has 2 nitrogen and oxygen atoms in total. The zero-order valence-corrected chi connectivity index (χ0v) is 14.5. The molecule has 0 aliphatic heterocycles. The fraction of sp³-hybridized carbons (Fsp3) is 0.267. The van der Waals surface area contributed by atoms with E-state index >= 15 is 0 Å². The van der Waals surface area contributed by atoms with Crippen LogP contribution in [0.4, 0.5) is 13.2 Å². The normalized spacial score (nSPS) is 13.6. The third kappa shape index (κ3) is 4.13. The summed E-state index contributed by atoms with van der Waals surface area (Å²) in [6.07, 6.45) is -3.73. The van der Waals surface area contributed by atoms with Gasteiger partial charge in [0, 0.05) is 5.56 Å². The number of oxazole rings is 1. The van der Waals surface area contributed by atoms with Crippen molar-refractivity contribution < 1.29 is 17.6 Å². The van der Waals surface area contributed by atoms with Gasteiger partial charge < -0.3 is 4.42 Å². The van der Waals surface area contributed by atoms with Crippen molar-refractivity contribution in [2.24, 2.45) is 5.92 Å². The first-order valence-corrected chi connectivity index (χ1v) is 8.03. The van der Waals surface area contributed by atoms with E-state index in [-0.39, 0.29) is 10.7 Å². The Hall–Kier alpha value is -0.820. The molecular weight excluding hydrogens is 427 g/mol. The van der Waals surface area contributed by atoms with E-state index in [0.717, 1.165) is 12.1 Å². The van der Waals surface area contributed by atoms with Gasteiger partial charge in [0.15, 0.2) is 4.67 Å². The number of alkyl halides is 4. The molecule has 0 bridgehead atoms. The van der Waals surface area contributed by atoms with Crippen molar-refractivity contribution >= 4 is 31.9 Å². The molecule has 118 valence electrons. The lowest BCUT2D eigenvalue weighted by atomic mass is 10.1. The third-order valence-electron chi connectivity index (χ3n) is 2.90. The van der Waals surface area contributed by atoms with E-state index in [0.29, 0.717) is 28.2 Å². The van der Waals surface area contributed by atoms with Gasteiger partial charge in [-0.05, 0) is 40.4 Å². The molecule has 1 heterocycles. The Morgan fingerprint density at radius 2 is 1.77 bits per heavy atom. The molecule has 1 aromatic carbocycles. The molecule has 2 radical (unpaired) electrons. The van der Waals surface area contributed by atoms with Gasteiger partial charge in [-0.2, -0.15) is 13.2 Å². The zero-order chi connectivity index (χ0) is 16.5. The van der Waals surface area contributed by atoms with Crippen LogP contribution in [0.15, 0.2) is 33.4 Å². The first kappa shape index (κ1) is 17.5. The molecule has 1 atom stereocenters. The van der Waals surface area contributed by atoms with Crippen LogP contribution in [0.5, 0.6) is 0 Å². The van der Waals surface area contributed by atoms with Crippen LogP contribution in [0.2, 0.25) is 0 Å². The molecule has 0 aliphatic rings. The van der Waals surface area contributed by atoms with Crippen LogP contribution in [-0.4, -0.2) is 4.98 Å². The summed E-state index contributed by atoms with van der Waals surface area (Å²) in [4.78, 5) is 4.17. The van der Waals surface area contributed by atoms with E-state index in [9.17, 15) is 13.2 Å². The molecule has 1 unspecified atom stereocenters. The summed E-state index contributed by atoms with van der Waals surface area (Å²) >= 11 is 6.68. The van der Waals surface area contributed by atoms with Crippen LogP contribution in [-0.2, 0) is 6.18 Å². The summed E-state index contributed by atoms with van der Waals surface area (Å²) < 4.78 is 43.6. The maximum Gasteiger partial charge on any atom is 0.416 e. The first-order valence-electron chi connectivity index (χ1n) is 6.32. The molecule has 2 aromatic rings. The van der Waals surface area contributed by atoms with Crippen LogP contribution in [0, 0.1) is 19.8 Å². The second kappa shape index (κ2) is 6.74. The lowest BCUT2D eigenvalue weighted by Crippen LogP contribution is -2.04. The van der Waals surface area contributed by atoms with Crippen molar-refractivity contribution in [1.82, 2.24) is 4.98 Å². The van der Waals surface area contributed by atoms with Crippen molar-refractivity contribution in [1.29, 1.82) is 0 Å². The molecule has 0 spiro atoms. The van der Waals surface area contributed by atoms with Gasteiger partial charge in [-0.1, -0.05) is 41.9 Å². The zero-order valence-electron chi connectivity index (χ0n) is 11.3. The molecule has 1 aromatic heterocycles. The number of hydrogen-bond acceptors (Lipinski definition) is 2. The van der Waals surface area contributed by atoms with Crippen molar-refractivity contribution in [2.75, 3.05) is 0 Å². The highest BCUT2D eigenvalue weighted by Crippen LogP contribution is 2.37. The quantitative estimate of drug-likeness (QED) is 0.528. The van der Waals surface area contributed by atoms with E-state index < -0.39 is 11.7 Å². The maximum atomic E-state index is 12.6. The average molecular weight is 439 g/mol. The highest BCUT2D eigenvalue weighted by atomic mass is 79.9. The van der Waals surface area contributed by atoms with E-state index in [2.05, 4.69) is 50.7 Å². The van der Waals surface area contributed by atoms with Crippen LogP contribution >= 0.6 is 31.9 Å². The van der Waals surface area contributed by atoms with Gasteiger partial charge in [-0.3, -0.25) is 0 Å². The minimum Gasteiger partial charge on any atom is -0.432 e. The second-order valence-electron chi connectivity index (χ2n) is 4.82. The Kier molecular flexibility index (Phi) is 5.37. The van der Waals surface area contributed by atoms with E-state index in [1.807, 2.05) is 0 Å². The predicted molar refractivity (Wildman–Crippen MR) is 85.1 cm³/mol. The lowest BCUT2D eigenvalue weighted by Gasteiger charge is -2.07. The van der Waals surface area contributed by atoms with E-state index in [1.165, 1.54) is 12.1 Å². The summed E-state index contributed by atoms with van der Waals surface area (Å²) in [6, 6.07) is 4.77. The number of aromatic nitrogens is 1. The van der Waals surface area contributed by atoms with E-state index in [4.69, 9.17) is 4.42 Å². The molecule has 7 heteroatoms. The number of hydrogen-bond donors (Lipinski definition) is 0. The van der Waals surface area contributed by atoms with Gasteiger partial charge in [-0.25, -0.2) is 4.98 Å². The standard InChI is InChI=1S/C15H12Br2F3NO/c1-8(2)7-11(16)14-21-12(13(17)22-14)9-3-5-10(6-4-9)15(18,19)20/h3-6,8,11H,1-2,7H2. The first-order chi connectivity index (χ1) is 10.2. The molecule has 2 rings (SSSR count). The highest BCUT2D eigenvalue weighted by molar-refractivity contribution is 9.10. The predicted octanol–water partition coefficient (Wildman–Crippen LogP) is 6.23. The number of nitrogens with zero attached hydrogens (tertiary/aromatic N) is 1. The van der Waals surface area contributed by atoms with Crippen LogP contribution in [0.3, 0.4) is 0 Å². The Balaban J connectivity index is 2.28. The Morgan fingerprint density at radius 1 is 1.18 bits per heavy atom. The topological polar surface area (TPSA) is 26.0 Å². The van der Waals surface area contributed by atoms with Gasteiger partial charge in [0.1, 0.15) is 5.69 Å². The third-order valence-corrected chi connectivity index (χ3v) is 4.20. The minimum absolute atomic E-state index is 0.0374. The van der Waals surface area contributed by atoms with Crippen molar-refractivity contribution in [2.45, 2.75) is 17.4 Å². The van der Waals surface area contributed by atoms with Gasteiger partial charge in [0.05, 0.1) is 10.4 Å². The fourth-order valence-corrected chi connectivity index (χ4v) is 3.05. The largest absolute Gasteiger partial charge is 0.432 e. The smallest absolute Gasteiger partial charge is 0.416 e. The van der Waals surface area contributed by atoms with Crippen LogP contribution < -0.4 is 0 Å². The van der Waals surface area contributed by atoms with Gasteiger partial charge in [-0.15, -0.1) is 0 Å². The number of benzene rings is 1. The molecule has 0 aliphatic carbocycles. The monoisotopic (exact) mass is 437 g/mol. The van der Waals surface area contributed by atoms with Gasteiger partial charge >= 0.3 is 6.18 Å². The lowest BCUT2D eigenvalue weighted by molar-refractivity contribution is -0.137. The molecule has 22 heavy (non-hydrogen) atoms. The summed E-state index contributed by atoms with van der Waals surface area (Å²) in [5.41, 5.74) is 0.291. The second-order valence-corrected chi connectivity index (χ2v) is 6.64. The molecule has 0 amide bonds. The van der Waals surface area contributed by atoms with Crippen molar-refractivity contribution in [3.63, 3.8) is 0 Å². The fourth-order valence-electron chi connectivity index (χ4n) is 1.84. The molecule has 0 saturated heterocycles. The number of rotatable bonds is 4. The summed E-state index contributed by atoms with van der Waals surface area (Å²) in [6.45, 7) is 7.59. The van der Waals surface area contributed by atoms with Crippen molar-refractivity contribution in [3.8, 4) is 11.3 Å². The Morgan fingerprint density at radius 3 is 2.27 bits per heavy atom. The summed E-state index contributed by atoms with van der Waals surface area (Å²) in [5, 5.41) is 0. The number of halogens is 5. The van der Waals surface area contributed by atoms with Crippen molar-refractivity contribution in [3.05, 3.63) is 54.2 Å². The minimum atomic E-state index is -4.36. The summed E-state index contributed by atoms with van der Waals surface area (Å²) in [5.74, 6) is 0.392. The van der Waals surface area contributed by atoms with E-state index in [1.54, 1.807) is 0 Å². The van der Waals surface area contributed by atoms with Crippen LogP contribution in [0.25, 0.3) is 11.3 Å². The molecule has 0 N–H and O–H groups in total. The molecule has 0 fully saturated rings.